The summed E-state index contributed by atoms with van der Waals surface area (Å²) in [7, 11) is 0. The van der Waals surface area contributed by atoms with Gasteiger partial charge in [-0.3, -0.25) is 4.79 Å². The second-order valence-electron chi connectivity index (χ2n) is 6.34. The van der Waals surface area contributed by atoms with E-state index in [-0.39, 0.29) is 17.8 Å². The number of hydrogen-bond donors (Lipinski definition) is 2. The smallest absolute Gasteiger partial charge is 0.282 e. The number of carbonyl (C=O) groups is 1. The molecular formula is C19H22ClFN3O+. The van der Waals surface area contributed by atoms with Crippen LogP contribution in [0.25, 0.3) is 0 Å². The Bertz CT molecular complexity index is 730. The first-order valence-corrected chi connectivity index (χ1v) is 8.82. The van der Waals surface area contributed by atoms with Gasteiger partial charge in [0.05, 0.1) is 26.2 Å². The van der Waals surface area contributed by atoms with E-state index in [1.54, 1.807) is 24.3 Å². The number of rotatable bonds is 4. The third-order valence-electron chi connectivity index (χ3n) is 4.70. The molecule has 6 heteroatoms. The molecule has 4 nitrogen and oxygen atoms in total. The van der Waals surface area contributed by atoms with E-state index < -0.39 is 0 Å². The zero-order chi connectivity index (χ0) is 17.8. The van der Waals surface area contributed by atoms with Crippen molar-refractivity contribution in [1.29, 1.82) is 0 Å². The SMILES string of the molecule is C[C@@H](C(=O)Nc1cccc(Cl)c1)[NH+]1CCN(c2ccc(F)cc2)CC1. The lowest BCUT2D eigenvalue weighted by molar-refractivity contribution is -0.914. The van der Waals surface area contributed by atoms with E-state index in [0.29, 0.717) is 10.7 Å². The Labute approximate surface area is 152 Å². The monoisotopic (exact) mass is 362 g/mol. The molecule has 0 saturated carbocycles. The number of nitrogens with one attached hydrogen (secondary N) is 2. The third-order valence-corrected chi connectivity index (χ3v) is 4.93. The molecule has 25 heavy (non-hydrogen) atoms. The zero-order valence-corrected chi connectivity index (χ0v) is 14.9. The van der Waals surface area contributed by atoms with Crippen LogP contribution in [0.5, 0.6) is 0 Å². The van der Waals surface area contributed by atoms with Gasteiger partial charge < -0.3 is 15.1 Å². The van der Waals surface area contributed by atoms with Crippen molar-refractivity contribution < 1.29 is 14.1 Å². The Morgan fingerprint density at radius 2 is 1.88 bits per heavy atom. The average molecular weight is 363 g/mol. The Balaban J connectivity index is 1.54. The van der Waals surface area contributed by atoms with Gasteiger partial charge in [0.2, 0.25) is 0 Å². The molecule has 1 fully saturated rings. The molecule has 1 aliphatic rings. The van der Waals surface area contributed by atoms with Crippen LogP contribution in [0.1, 0.15) is 6.92 Å². The Kier molecular flexibility index (Phi) is 5.56. The van der Waals surface area contributed by atoms with Gasteiger partial charge >= 0.3 is 0 Å². The summed E-state index contributed by atoms with van der Waals surface area (Å²) in [5.74, 6) is -0.230. The van der Waals surface area contributed by atoms with Crippen molar-refractivity contribution in [3.63, 3.8) is 0 Å². The molecule has 0 unspecified atom stereocenters. The Hall–Kier alpha value is -2.11. The molecule has 0 aliphatic carbocycles. The summed E-state index contributed by atoms with van der Waals surface area (Å²) < 4.78 is 13.0. The van der Waals surface area contributed by atoms with Gasteiger partial charge in [0.15, 0.2) is 6.04 Å². The number of hydrogen-bond acceptors (Lipinski definition) is 2. The van der Waals surface area contributed by atoms with Crippen molar-refractivity contribution in [3.05, 3.63) is 59.4 Å². The zero-order valence-electron chi connectivity index (χ0n) is 14.1. The highest BCUT2D eigenvalue weighted by atomic mass is 35.5. The molecule has 2 aromatic carbocycles. The molecule has 2 N–H and O–H groups in total. The molecule has 0 spiro atoms. The van der Waals surface area contributed by atoms with Crippen molar-refractivity contribution in [2.45, 2.75) is 13.0 Å². The fourth-order valence-electron chi connectivity index (χ4n) is 3.14. The summed E-state index contributed by atoms with van der Waals surface area (Å²) in [4.78, 5) is 16.0. The topological polar surface area (TPSA) is 36.8 Å². The van der Waals surface area contributed by atoms with Crippen LogP contribution in [0.4, 0.5) is 15.8 Å². The number of carbonyl (C=O) groups excluding carboxylic acids is 1. The number of halogens is 2. The largest absolute Gasteiger partial charge is 0.360 e. The summed E-state index contributed by atoms with van der Waals surface area (Å²) in [6, 6.07) is 13.6. The van der Waals surface area contributed by atoms with Crippen molar-refractivity contribution in [3.8, 4) is 0 Å². The van der Waals surface area contributed by atoms with E-state index >= 15 is 0 Å². The van der Waals surface area contributed by atoms with Crippen molar-refractivity contribution in [2.24, 2.45) is 0 Å². The average Bonchev–Trinajstić information content (AvgIpc) is 2.62. The molecule has 3 rings (SSSR count). The first-order valence-electron chi connectivity index (χ1n) is 8.44. The van der Waals surface area contributed by atoms with Crippen molar-refractivity contribution in [1.82, 2.24) is 0 Å². The van der Waals surface area contributed by atoms with E-state index in [1.807, 2.05) is 19.1 Å². The van der Waals surface area contributed by atoms with Gasteiger partial charge in [-0.1, -0.05) is 17.7 Å². The van der Waals surface area contributed by atoms with Crippen LogP contribution in [0.15, 0.2) is 48.5 Å². The minimum absolute atomic E-state index is 0.00695. The lowest BCUT2D eigenvalue weighted by Crippen LogP contribution is -3.19. The van der Waals surface area contributed by atoms with Crippen LogP contribution < -0.4 is 15.1 Å². The van der Waals surface area contributed by atoms with Gasteiger partial charge in [-0.15, -0.1) is 0 Å². The first-order chi connectivity index (χ1) is 12.0. The highest BCUT2D eigenvalue weighted by molar-refractivity contribution is 6.30. The van der Waals surface area contributed by atoms with Gasteiger partial charge in [-0.2, -0.15) is 0 Å². The Morgan fingerprint density at radius 1 is 1.20 bits per heavy atom. The number of piperazine rings is 1. The highest BCUT2D eigenvalue weighted by Gasteiger charge is 2.29. The van der Waals surface area contributed by atoms with E-state index in [1.165, 1.54) is 17.0 Å². The van der Waals surface area contributed by atoms with Crippen LogP contribution in [0.3, 0.4) is 0 Å². The lowest BCUT2D eigenvalue weighted by atomic mass is 10.2. The molecule has 1 amide bonds. The van der Waals surface area contributed by atoms with Crippen molar-refractivity contribution >= 4 is 28.9 Å². The second kappa shape index (κ2) is 7.85. The van der Waals surface area contributed by atoms with Gasteiger partial charge in [-0.25, -0.2) is 4.39 Å². The second-order valence-corrected chi connectivity index (χ2v) is 6.78. The van der Waals surface area contributed by atoms with Gasteiger partial charge in [0.1, 0.15) is 5.82 Å². The first kappa shape index (κ1) is 17.7. The Morgan fingerprint density at radius 3 is 2.52 bits per heavy atom. The summed E-state index contributed by atoms with van der Waals surface area (Å²) in [5, 5.41) is 3.53. The lowest BCUT2D eigenvalue weighted by Gasteiger charge is -2.36. The number of quaternary nitrogens is 1. The summed E-state index contributed by atoms with van der Waals surface area (Å²) in [6.07, 6.45) is 0. The molecule has 0 radical (unpaired) electrons. The normalized spacial score (nSPS) is 16.5. The fraction of sp³-hybridized carbons (Fsp3) is 0.316. The van der Waals surface area contributed by atoms with Crippen LogP contribution in [0.2, 0.25) is 5.02 Å². The molecule has 1 atom stereocenters. The molecule has 1 saturated heterocycles. The predicted molar refractivity (Wildman–Crippen MR) is 98.9 cm³/mol. The highest BCUT2D eigenvalue weighted by Crippen LogP contribution is 2.16. The van der Waals surface area contributed by atoms with Gasteiger partial charge in [0.25, 0.3) is 5.91 Å². The molecule has 2 aromatic rings. The number of benzene rings is 2. The van der Waals surface area contributed by atoms with Crippen LogP contribution in [-0.2, 0) is 4.79 Å². The van der Waals surface area contributed by atoms with E-state index in [9.17, 15) is 9.18 Å². The molecule has 0 bridgehead atoms. The van der Waals surface area contributed by atoms with E-state index in [2.05, 4.69) is 10.2 Å². The maximum Gasteiger partial charge on any atom is 0.282 e. The minimum Gasteiger partial charge on any atom is -0.360 e. The molecular weight excluding hydrogens is 341 g/mol. The van der Waals surface area contributed by atoms with E-state index in [4.69, 9.17) is 11.6 Å². The standard InChI is InChI=1S/C19H21ClFN3O/c1-14(19(25)22-17-4-2-3-15(20)13-17)23-9-11-24(12-10-23)18-7-5-16(21)6-8-18/h2-8,13-14H,9-12H2,1H3,(H,22,25)/p+1/t14-/m0/s1. The van der Waals surface area contributed by atoms with Gasteiger partial charge in [-0.05, 0) is 49.4 Å². The molecule has 1 heterocycles. The van der Waals surface area contributed by atoms with Crippen LogP contribution in [0, 0.1) is 5.82 Å². The summed E-state index contributed by atoms with van der Waals surface area (Å²) >= 11 is 5.96. The molecule has 132 valence electrons. The number of amides is 1. The van der Waals surface area contributed by atoms with Crippen LogP contribution in [-0.4, -0.2) is 38.1 Å². The van der Waals surface area contributed by atoms with Crippen molar-refractivity contribution in [2.75, 3.05) is 36.4 Å². The molecule has 1 aliphatic heterocycles. The third kappa shape index (κ3) is 4.50. The minimum atomic E-state index is -0.223. The van der Waals surface area contributed by atoms with Gasteiger partial charge in [0, 0.05) is 16.4 Å². The molecule has 0 aromatic heterocycles. The number of nitrogens with zero attached hydrogens (tertiary/aromatic N) is 1. The quantitative estimate of drug-likeness (QED) is 0.875. The maximum absolute atomic E-state index is 13.0. The van der Waals surface area contributed by atoms with E-state index in [0.717, 1.165) is 31.9 Å². The van der Waals surface area contributed by atoms with Crippen LogP contribution >= 0.6 is 11.6 Å². The summed E-state index contributed by atoms with van der Waals surface area (Å²) in [6.45, 7) is 5.36. The summed E-state index contributed by atoms with van der Waals surface area (Å²) in [5.41, 5.74) is 1.74. The predicted octanol–water partition coefficient (Wildman–Crippen LogP) is 2.21. The maximum atomic E-state index is 13.0. The number of anilines is 2. The fourth-order valence-corrected chi connectivity index (χ4v) is 3.33.